The molecule has 0 radical (unpaired) electrons. The molecule has 1 saturated carbocycles. The molecule has 2 heterocycles. The number of hydrogen-bond acceptors (Lipinski definition) is 6. The maximum atomic E-state index is 12.9. The molecule has 8 heteroatoms. The van der Waals surface area contributed by atoms with Crippen LogP contribution >= 0.6 is 11.8 Å². The Morgan fingerprint density at radius 3 is 2.64 bits per heavy atom. The van der Waals surface area contributed by atoms with E-state index >= 15 is 0 Å². The van der Waals surface area contributed by atoms with Crippen molar-refractivity contribution in [3.05, 3.63) is 65.7 Å². The minimum Gasteiger partial charge on any atom is -0.378 e. The average molecular weight is 464 g/mol. The van der Waals surface area contributed by atoms with Crippen molar-refractivity contribution >= 4 is 23.6 Å². The Morgan fingerprint density at radius 1 is 1.12 bits per heavy atom. The molecule has 3 aromatic rings. The Hall–Kier alpha value is -2.84. The normalized spacial score (nSPS) is 17.1. The maximum Gasteiger partial charge on any atom is 0.232 e. The number of carbonyl (C=O) groups excluding carboxylic acids is 1. The fraction of sp³-hybridized carbons (Fsp3) is 0.400. The summed E-state index contributed by atoms with van der Waals surface area (Å²) in [6.45, 7) is 4.97. The number of anilines is 1. The number of ether oxygens (including phenoxy) is 1. The van der Waals surface area contributed by atoms with Crippen molar-refractivity contribution in [3.8, 4) is 5.69 Å². The van der Waals surface area contributed by atoms with Gasteiger partial charge in [0, 0.05) is 13.1 Å². The molecule has 33 heavy (non-hydrogen) atoms. The molecule has 1 aromatic heterocycles. The second kappa shape index (κ2) is 9.97. The smallest absolute Gasteiger partial charge is 0.232 e. The van der Waals surface area contributed by atoms with Gasteiger partial charge in [0.05, 0.1) is 30.7 Å². The van der Waals surface area contributed by atoms with E-state index in [1.54, 1.807) is 0 Å². The van der Waals surface area contributed by atoms with E-state index in [4.69, 9.17) is 4.74 Å². The standard InChI is InChI=1S/C25H29N5O2S/c1-18-6-5-9-21(16-18)30-24(29-12-14-32-15-13-29)27-28-25(30)33-17-22(31)26-23(20-10-11-20)19-7-3-2-4-8-19/h2-9,16,20,23H,10-15,17H2,1H3,(H,26,31). The molecule has 2 aromatic carbocycles. The van der Waals surface area contributed by atoms with Gasteiger partial charge in [0.1, 0.15) is 0 Å². The first kappa shape index (κ1) is 22.0. The molecule has 1 N–H and O–H groups in total. The molecule has 1 unspecified atom stereocenters. The molecule has 1 aliphatic heterocycles. The Bertz CT molecular complexity index is 1090. The van der Waals surface area contributed by atoms with Crippen LogP contribution in [0.2, 0.25) is 0 Å². The first-order chi connectivity index (χ1) is 16.2. The van der Waals surface area contributed by atoms with Crippen LogP contribution in [-0.4, -0.2) is 52.7 Å². The quantitative estimate of drug-likeness (QED) is 0.513. The van der Waals surface area contributed by atoms with Crippen molar-refractivity contribution in [3.63, 3.8) is 0 Å². The number of aromatic nitrogens is 3. The number of hydrogen-bond donors (Lipinski definition) is 1. The van der Waals surface area contributed by atoms with Gasteiger partial charge in [-0.3, -0.25) is 9.36 Å². The van der Waals surface area contributed by atoms with E-state index in [0.29, 0.717) is 24.9 Å². The zero-order valence-corrected chi connectivity index (χ0v) is 19.6. The summed E-state index contributed by atoms with van der Waals surface area (Å²) in [5.41, 5.74) is 3.35. The third-order valence-corrected chi connectivity index (χ3v) is 7.00. The van der Waals surface area contributed by atoms with Crippen LogP contribution in [0.5, 0.6) is 0 Å². The lowest BCUT2D eigenvalue weighted by atomic mass is 10.0. The highest BCUT2D eigenvalue weighted by molar-refractivity contribution is 7.99. The zero-order chi connectivity index (χ0) is 22.6. The maximum absolute atomic E-state index is 12.9. The molecule has 1 saturated heterocycles. The first-order valence-electron chi connectivity index (χ1n) is 11.5. The van der Waals surface area contributed by atoms with E-state index < -0.39 is 0 Å². The molecule has 2 fully saturated rings. The zero-order valence-electron chi connectivity index (χ0n) is 18.8. The van der Waals surface area contributed by atoms with Gasteiger partial charge in [0.25, 0.3) is 0 Å². The van der Waals surface area contributed by atoms with Crippen LogP contribution in [-0.2, 0) is 9.53 Å². The molecule has 1 aliphatic carbocycles. The summed E-state index contributed by atoms with van der Waals surface area (Å²) >= 11 is 1.43. The summed E-state index contributed by atoms with van der Waals surface area (Å²) in [7, 11) is 0. The largest absolute Gasteiger partial charge is 0.378 e. The first-order valence-corrected chi connectivity index (χ1v) is 12.5. The summed E-state index contributed by atoms with van der Waals surface area (Å²) in [5.74, 6) is 1.65. The molecule has 1 amide bonds. The van der Waals surface area contributed by atoms with Gasteiger partial charge in [0.2, 0.25) is 11.9 Å². The summed E-state index contributed by atoms with van der Waals surface area (Å²) in [4.78, 5) is 15.1. The molecular weight excluding hydrogens is 434 g/mol. The highest BCUT2D eigenvalue weighted by atomic mass is 32.2. The van der Waals surface area contributed by atoms with Crippen LogP contribution in [0, 0.1) is 12.8 Å². The molecule has 1 atom stereocenters. The molecule has 2 aliphatic rings. The lowest BCUT2D eigenvalue weighted by Gasteiger charge is -2.28. The van der Waals surface area contributed by atoms with Gasteiger partial charge >= 0.3 is 0 Å². The van der Waals surface area contributed by atoms with Crippen molar-refractivity contribution < 1.29 is 9.53 Å². The highest BCUT2D eigenvalue weighted by Gasteiger charge is 2.33. The summed E-state index contributed by atoms with van der Waals surface area (Å²) in [6.07, 6.45) is 2.33. The van der Waals surface area contributed by atoms with Crippen LogP contribution in [0.1, 0.15) is 30.0 Å². The predicted molar refractivity (Wildman–Crippen MR) is 130 cm³/mol. The average Bonchev–Trinajstić information content (AvgIpc) is 3.60. The lowest BCUT2D eigenvalue weighted by Crippen LogP contribution is -2.37. The molecule has 0 spiro atoms. The van der Waals surface area contributed by atoms with Crippen molar-refractivity contribution in [1.29, 1.82) is 0 Å². The van der Waals surface area contributed by atoms with Gasteiger partial charge in [-0.1, -0.05) is 54.2 Å². The molecular formula is C25H29N5O2S. The molecule has 0 bridgehead atoms. The number of thioether (sulfide) groups is 1. The van der Waals surface area contributed by atoms with Crippen LogP contribution in [0.3, 0.4) is 0 Å². The Morgan fingerprint density at radius 2 is 1.91 bits per heavy atom. The number of amides is 1. The van der Waals surface area contributed by atoms with E-state index in [1.165, 1.54) is 17.3 Å². The van der Waals surface area contributed by atoms with Gasteiger partial charge in [-0.2, -0.15) is 0 Å². The van der Waals surface area contributed by atoms with E-state index in [9.17, 15) is 4.79 Å². The topological polar surface area (TPSA) is 72.3 Å². The fourth-order valence-electron chi connectivity index (χ4n) is 4.23. The summed E-state index contributed by atoms with van der Waals surface area (Å²) < 4.78 is 7.57. The number of nitrogens with zero attached hydrogens (tertiary/aromatic N) is 4. The Labute approximate surface area is 198 Å². The number of rotatable bonds is 8. The van der Waals surface area contributed by atoms with Crippen molar-refractivity contribution in [2.75, 3.05) is 37.0 Å². The Kier molecular flexibility index (Phi) is 6.64. The van der Waals surface area contributed by atoms with Crippen LogP contribution < -0.4 is 10.2 Å². The van der Waals surface area contributed by atoms with Crippen molar-refractivity contribution in [2.45, 2.75) is 31.0 Å². The molecule has 7 nitrogen and oxygen atoms in total. The second-order valence-electron chi connectivity index (χ2n) is 8.64. The highest BCUT2D eigenvalue weighted by Crippen LogP contribution is 2.41. The third-order valence-electron chi connectivity index (χ3n) is 6.07. The number of morpholine rings is 1. The van der Waals surface area contributed by atoms with Gasteiger partial charge in [-0.15, -0.1) is 10.2 Å². The minimum atomic E-state index is 0.0208. The number of carbonyl (C=O) groups is 1. The van der Waals surface area contributed by atoms with Crippen LogP contribution in [0.25, 0.3) is 5.69 Å². The van der Waals surface area contributed by atoms with Gasteiger partial charge in [-0.05, 0) is 48.9 Å². The number of nitrogens with one attached hydrogen (secondary N) is 1. The van der Waals surface area contributed by atoms with Gasteiger partial charge in [0.15, 0.2) is 5.16 Å². The number of benzene rings is 2. The Balaban J connectivity index is 1.33. The van der Waals surface area contributed by atoms with Crippen LogP contribution in [0.15, 0.2) is 59.8 Å². The SMILES string of the molecule is Cc1cccc(-n2c(SCC(=O)NC(c3ccccc3)C3CC3)nnc2N2CCOCC2)c1. The third kappa shape index (κ3) is 5.23. The van der Waals surface area contributed by atoms with E-state index in [2.05, 4.69) is 62.2 Å². The minimum absolute atomic E-state index is 0.0208. The van der Waals surface area contributed by atoms with Crippen molar-refractivity contribution in [1.82, 2.24) is 20.1 Å². The van der Waals surface area contributed by atoms with Crippen molar-refractivity contribution in [2.24, 2.45) is 5.92 Å². The number of aryl methyl sites for hydroxylation is 1. The van der Waals surface area contributed by atoms with Crippen LogP contribution in [0.4, 0.5) is 5.95 Å². The predicted octanol–water partition coefficient (Wildman–Crippen LogP) is 3.77. The molecule has 172 valence electrons. The molecule has 5 rings (SSSR count). The summed E-state index contributed by atoms with van der Waals surface area (Å²) in [5, 5.41) is 13.0. The lowest BCUT2D eigenvalue weighted by molar-refractivity contribution is -0.119. The summed E-state index contributed by atoms with van der Waals surface area (Å²) in [6, 6.07) is 18.6. The van der Waals surface area contributed by atoms with Gasteiger partial charge < -0.3 is 15.0 Å². The monoisotopic (exact) mass is 463 g/mol. The van der Waals surface area contributed by atoms with E-state index in [1.807, 2.05) is 24.3 Å². The second-order valence-corrected chi connectivity index (χ2v) is 9.58. The van der Waals surface area contributed by atoms with Gasteiger partial charge in [-0.25, -0.2) is 0 Å². The van der Waals surface area contributed by atoms with E-state index in [-0.39, 0.29) is 11.9 Å². The fourth-order valence-corrected chi connectivity index (χ4v) is 4.98. The van der Waals surface area contributed by atoms with E-state index in [0.717, 1.165) is 48.3 Å².